The van der Waals surface area contributed by atoms with Crippen LogP contribution in [0.1, 0.15) is 61.4 Å². The minimum absolute atomic E-state index is 0.531. The van der Waals surface area contributed by atoms with Crippen molar-refractivity contribution in [2.24, 2.45) is 0 Å². The molecule has 0 aromatic heterocycles. The standard InChI is InChI=1S/C20H24Cl2/c1-5-14-11-19(21)18(20(22)12-14)10-15-7-8-16(6-2)17(9-15)13(3)4/h7-9,11-13H,5-6,10H2,1-4H3. The van der Waals surface area contributed by atoms with Crippen molar-refractivity contribution in [3.05, 3.63) is 68.2 Å². The van der Waals surface area contributed by atoms with Gasteiger partial charge in [0.15, 0.2) is 0 Å². The van der Waals surface area contributed by atoms with Crippen LogP contribution in [0.4, 0.5) is 0 Å². The lowest BCUT2D eigenvalue weighted by Crippen LogP contribution is -1.99. The number of halogens is 2. The van der Waals surface area contributed by atoms with Crippen molar-refractivity contribution in [3.8, 4) is 0 Å². The molecule has 0 saturated carbocycles. The first kappa shape index (κ1) is 17.4. The highest BCUT2D eigenvalue weighted by Gasteiger charge is 2.11. The summed E-state index contributed by atoms with van der Waals surface area (Å²) in [5, 5.41) is 1.55. The van der Waals surface area contributed by atoms with Crippen LogP contribution in [-0.2, 0) is 19.3 Å². The van der Waals surface area contributed by atoms with E-state index in [0.29, 0.717) is 5.92 Å². The van der Waals surface area contributed by atoms with Gasteiger partial charge in [0.25, 0.3) is 0 Å². The summed E-state index contributed by atoms with van der Waals surface area (Å²) in [6, 6.07) is 10.8. The van der Waals surface area contributed by atoms with Crippen molar-refractivity contribution in [1.82, 2.24) is 0 Å². The minimum atomic E-state index is 0.531. The predicted molar refractivity (Wildman–Crippen MR) is 98.6 cm³/mol. The van der Waals surface area contributed by atoms with Gasteiger partial charge >= 0.3 is 0 Å². The highest BCUT2D eigenvalue weighted by molar-refractivity contribution is 6.36. The predicted octanol–water partition coefficient (Wildman–Crippen LogP) is 6.83. The lowest BCUT2D eigenvalue weighted by Gasteiger charge is -2.15. The van der Waals surface area contributed by atoms with Crippen molar-refractivity contribution >= 4 is 23.2 Å². The first-order valence-corrected chi connectivity index (χ1v) is 8.80. The molecule has 2 heteroatoms. The molecular formula is C20H24Cl2. The van der Waals surface area contributed by atoms with E-state index in [9.17, 15) is 0 Å². The normalized spacial score (nSPS) is 11.2. The number of rotatable bonds is 5. The van der Waals surface area contributed by atoms with Crippen molar-refractivity contribution in [3.63, 3.8) is 0 Å². The van der Waals surface area contributed by atoms with E-state index >= 15 is 0 Å². The van der Waals surface area contributed by atoms with Crippen LogP contribution in [-0.4, -0.2) is 0 Å². The van der Waals surface area contributed by atoms with Gasteiger partial charge in [-0.2, -0.15) is 0 Å². The van der Waals surface area contributed by atoms with E-state index in [1.165, 1.54) is 22.3 Å². The summed E-state index contributed by atoms with van der Waals surface area (Å²) < 4.78 is 0. The van der Waals surface area contributed by atoms with Crippen LogP contribution >= 0.6 is 23.2 Å². The maximum atomic E-state index is 6.44. The van der Waals surface area contributed by atoms with E-state index in [1.807, 2.05) is 12.1 Å². The Labute approximate surface area is 144 Å². The van der Waals surface area contributed by atoms with Crippen LogP contribution in [0, 0.1) is 0 Å². The summed E-state index contributed by atoms with van der Waals surface area (Å²) in [7, 11) is 0. The smallest absolute Gasteiger partial charge is 0.0458 e. The van der Waals surface area contributed by atoms with Gasteiger partial charge < -0.3 is 0 Å². The van der Waals surface area contributed by atoms with Crippen LogP contribution in [0.5, 0.6) is 0 Å². The van der Waals surface area contributed by atoms with Gasteiger partial charge in [0.2, 0.25) is 0 Å². The monoisotopic (exact) mass is 334 g/mol. The fourth-order valence-corrected chi connectivity index (χ4v) is 3.51. The number of benzene rings is 2. The zero-order valence-electron chi connectivity index (χ0n) is 13.8. The molecule has 0 radical (unpaired) electrons. The largest absolute Gasteiger partial charge is 0.0840 e. The maximum Gasteiger partial charge on any atom is 0.0458 e. The topological polar surface area (TPSA) is 0 Å². The van der Waals surface area contributed by atoms with Crippen LogP contribution in [0.25, 0.3) is 0 Å². The molecule has 2 aromatic rings. The Kier molecular flexibility index (Phi) is 5.94. The van der Waals surface area contributed by atoms with Crippen molar-refractivity contribution < 1.29 is 0 Å². The summed E-state index contributed by atoms with van der Waals surface area (Å²) in [4.78, 5) is 0. The van der Waals surface area contributed by atoms with E-state index in [4.69, 9.17) is 23.2 Å². The third kappa shape index (κ3) is 3.86. The van der Waals surface area contributed by atoms with Crippen LogP contribution in [0.2, 0.25) is 10.0 Å². The molecule has 0 N–H and O–H groups in total. The third-order valence-electron chi connectivity index (χ3n) is 4.20. The van der Waals surface area contributed by atoms with Gasteiger partial charge in [0.1, 0.15) is 0 Å². The molecule has 118 valence electrons. The van der Waals surface area contributed by atoms with Gasteiger partial charge in [-0.05, 0) is 58.7 Å². The van der Waals surface area contributed by atoms with Crippen LogP contribution in [0.3, 0.4) is 0 Å². The molecule has 0 saturated heterocycles. The molecule has 22 heavy (non-hydrogen) atoms. The summed E-state index contributed by atoms with van der Waals surface area (Å²) in [5.74, 6) is 0.531. The molecule has 2 rings (SSSR count). The summed E-state index contributed by atoms with van der Waals surface area (Å²) in [6.07, 6.45) is 2.80. The molecule has 2 aromatic carbocycles. The van der Waals surface area contributed by atoms with Gasteiger partial charge in [-0.3, -0.25) is 0 Å². The molecule has 0 nitrogen and oxygen atoms in total. The molecule has 0 heterocycles. The van der Waals surface area contributed by atoms with Gasteiger partial charge in [-0.25, -0.2) is 0 Å². The minimum Gasteiger partial charge on any atom is -0.0840 e. The second-order valence-corrected chi connectivity index (χ2v) is 6.92. The third-order valence-corrected chi connectivity index (χ3v) is 4.88. The van der Waals surface area contributed by atoms with Gasteiger partial charge in [-0.1, -0.05) is 69.1 Å². The van der Waals surface area contributed by atoms with E-state index < -0.39 is 0 Å². The van der Waals surface area contributed by atoms with Crippen molar-refractivity contribution in [2.45, 2.75) is 52.9 Å². The Balaban J connectivity index is 2.37. The Hall–Kier alpha value is -0.980. The lowest BCUT2D eigenvalue weighted by atomic mass is 9.91. The molecule has 0 fully saturated rings. The van der Waals surface area contributed by atoms with Gasteiger partial charge in [0, 0.05) is 16.5 Å². The van der Waals surface area contributed by atoms with Gasteiger partial charge in [-0.15, -0.1) is 0 Å². The Bertz CT molecular complexity index is 634. The first-order chi connectivity index (χ1) is 10.5. The van der Waals surface area contributed by atoms with Gasteiger partial charge in [0.05, 0.1) is 0 Å². The van der Waals surface area contributed by atoms with Crippen LogP contribution < -0.4 is 0 Å². The lowest BCUT2D eigenvalue weighted by molar-refractivity contribution is 0.840. The Morgan fingerprint density at radius 2 is 1.50 bits per heavy atom. The second-order valence-electron chi connectivity index (χ2n) is 6.11. The summed E-state index contributed by atoms with van der Waals surface area (Å²) in [6.45, 7) is 8.81. The fourth-order valence-electron chi connectivity index (χ4n) is 2.85. The SMILES string of the molecule is CCc1cc(Cl)c(Cc2ccc(CC)c(C(C)C)c2)c(Cl)c1. The van der Waals surface area contributed by atoms with E-state index in [1.54, 1.807) is 0 Å². The maximum absolute atomic E-state index is 6.44. The Morgan fingerprint density at radius 3 is 2.00 bits per heavy atom. The molecular weight excluding hydrogens is 311 g/mol. The second kappa shape index (κ2) is 7.53. The van der Waals surface area contributed by atoms with E-state index in [2.05, 4.69) is 45.9 Å². The summed E-state index contributed by atoms with van der Waals surface area (Å²) >= 11 is 12.9. The molecule has 0 aliphatic rings. The zero-order valence-corrected chi connectivity index (χ0v) is 15.4. The molecule has 0 atom stereocenters. The molecule has 0 amide bonds. The summed E-state index contributed by atoms with van der Waals surface area (Å²) in [5.41, 5.74) is 6.34. The highest BCUT2D eigenvalue weighted by atomic mass is 35.5. The molecule has 0 aliphatic heterocycles. The molecule has 0 aliphatic carbocycles. The number of aryl methyl sites for hydroxylation is 2. The number of hydrogen-bond acceptors (Lipinski definition) is 0. The van der Waals surface area contributed by atoms with Crippen molar-refractivity contribution in [1.29, 1.82) is 0 Å². The van der Waals surface area contributed by atoms with Crippen molar-refractivity contribution in [2.75, 3.05) is 0 Å². The highest BCUT2D eigenvalue weighted by Crippen LogP contribution is 2.30. The average Bonchev–Trinajstić information content (AvgIpc) is 2.50. The quantitative estimate of drug-likeness (QED) is 0.561. The first-order valence-electron chi connectivity index (χ1n) is 8.04. The molecule has 0 spiro atoms. The molecule has 0 bridgehead atoms. The number of hydrogen-bond donors (Lipinski definition) is 0. The fraction of sp³-hybridized carbons (Fsp3) is 0.400. The van der Waals surface area contributed by atoms with E-state index in [0.717, 1.165) is 34.9 Å². The van der Waals surface area contributed by atoms with Crippen LogP contribution in [0.15, 0.2) is 30.3 Å². The zero-order chi connectivity index (χ0) is 16.3. The average molecular weight is 335 g/mol. The molecule has 0 unspecified atom stereocenters. The Morgan fingerprint density at radius 1 is 0.864 bits per heavy atom. The van der Waals surface area contributed by atoms with E-state index in [-0.39, 0.29) is 0 Å².